The lowest BCUT2D eigenvalue weighted by molar-refractivity contribution is -0.131. The van der Waals surface area contributed by atoms with Crippen LogP contribution in [-0.2, 0) is 19.1 Å². The monoisotopic (exact) mass is 652 g/mol. The van der Waals surface area contributed by atoms with Gasteiger partial charge in [0.2, 0.25) is 0 Å². The van der Waals surface area contributed by atoms with E-state index in [9.17, 15) is 9.59 Å². The summed E-state index contributed by atoms with van der Waals surface area (Å²) in [5.41, 5.74) is 6.51. The van der Waals surface area contributed by atoms with Gasteiger partial charge in [-0.1, -0.05) is 60.7 Å². The second-order valence-corrected chi connectivity index (χ2v) is 12.0. The molecule has 0 saturated heterocycles. The first-order valence-corrected chi connectivity index (χ1v) is 16.1. The van der Waals surface area contributed by atoms with Crippen molar-refractivity contribution in [1.82, 2.24) is 0 Å². The quantitative estimate of drug-likeness (QED) is 0.174. The third-order valence-corrected chi connectivity index (χ3v) is 9.11. The van der Waals surface area contributed by atoms with Crippen LogP contribution in [0.4, 0.5) is 34.1 Å². The summed E-state index contributed by atoms with van der Waals surface area (Å²) >= 11 is 0. The topological polar surface area (TPSA) is 77.5 Å². The summed E-state index contributed by atoms with van der Waals surface area (Å²) in [5, 5.41) is 0. The van der Waals surface area contributed by atoms with E-state index in [0.29, 0.717) is 34.1 Å². The van der Waals surface area contributed by atoms with Gasteiger partial charge < -0.3 is 28.7 Å². The van der Waals surface area contributed by atoms with Crippen molar-refractivity contribution in [3.05, 3.63) is 168 Å². The van der Waals surface area contributed by atoms with E-state index in [0.717, 1.165) is 34.1 Å². The molecule has 0 amide bonds. The third-order valence-electron chi connectivity index (χ3n) is 9.11. The van der Waals surface area contributed by atoms with Gasteiger partial charge >= 0.3 is 11.9 Å². The van der Waals surface area contributed by atoms with Gasteiger partial charge in [0, 0.05) is 22.5 Å². The van der Waals surface area contributed by atoms with E-state index in [-0.39, 0.29) is 22.7 Å². The van der Waals surface area contributed by atoms with Crippen molar-refractivity contribution in [3.63, 3.8) is 0 Å². The summed E-state index contributed by atoms with van der Waals surface area (Å²) in [4.78, 5) is 31.3. The Morgan fingerprint density at radius 1 is 0.360 bits per heavy atom. The maximum Gasteiger partial charge on any atom is 0.348 e. The van der Waals surface area contributed by atoms with E-state index in [2.05, 4.69) is 9.80 Å². The number of hydrogen-bond donors (Lipinski definition) is 0. The average molecular weight is 653 g/mol. The maximum atomic E-state index is 13.5. The van der Waals surface area contributed by atoms with Gasteiger partial charge in [-0.25, -0.2) is 9.59 Å². The standard InChI is InChI=1S/C42H24N2O6/c45-41-37-38(40(50-41)26-20-22-32-36(24-26)48-34-18-10-8-16-30(34)44(32)28-13-5-2-6-14-28)42(46)49-39(37)25-19-21-31-35(23-25)47-33-17-9-7-15-29(33)43(31)27-11-3-1-4-12-27/h1-24H. The summed E-state index contributed by atoms with van der Waals surface area (Å²) in [7, 11) is 0. The number of nitrogens with zero attached hydrogens (tertiary/aromatic N) is 2. The number of cyclic esters (lactones) is 2. The van der Waals surface area contributed by atoms with Gasteiger partial charge in [0.05, 0.1) is 22.7 Å². The summed E-state index contributed by atoms with van der Waals surface area (Å²) in [6.45, 7) is 0. The van der Waals surface area contributed by atoms with Crippen LogP contribution >= 0.6 is 0 Å². The van der Waals surface area contributed by atoms with Crippen LogP contribution in [-0.4, -0.2) is 11.9 Å². The Kier molecular flexibility index (Phi) is 6.01. The van der Waals surface area contributed by atoms with Gasteiger partial charge in [-0.3, -0.25) is 0 Å². The largest absolute Gasteiger partial charge is 0.453 e. The van der Waals surface area contributed by atoms with Gasteiger partial charge in [0.25, 0.3) is 0 Å². The molecule has 8 heteroatoms. The zero-order valence-electron chi connectivity index (χ0n) is 26.2. The summed E-state index contributed by atoms with van der Waals surface area (Å²) in [5.74, 6) is 1.37. The molecule has 4 heterocycles. The van der Waals surface area contributed by atoms with E-state index < -0.39 is 11.9 Å². The molecular weight excluding hydrogens is 628 g/mol. The normalized spacial score (nSPS) is 15.3. The predicted octanol–water partition coefficient (Wildman–Crippen LogP) is 10.1. The molecule has 6 aromatic carbocycles. The minimum atomic E-state index is -0.666. The van der Waals surface area contributed by atoms with Crippen molar-refractivity contribution in [1.29, 1.82) is 0 Å². The molecule has 8 nitrogen and oxygen atoms in total. The van der Waals surface area contributed by atoms with Crippen LogP contribution < -0.4 is 19.3 Å². The first-order valence-electron chi connectivity index (χ1n) is 16.1. The molecule has 0 unspecified atom stereocenters. The highest BCUT2D eigenvalue weighted by atomic mass is 16.6. The Morgan fingerprint density at radius 2 is 0.740 bits per heavy atom. The number of hydrogen-bond acceptors (Lipinski definition) is 8. The number of para-hydroxylation sites is 6. The Labute approximate surface area is 286 Å². The molecule has 0 N–H and O–H groups in total. The van der Waals surface area contributed by atoms with Gasteiger partial charge in [-0.2, -0.15) is 0 Å². The number of anilines is 6. The molecule has 238 valence electrons. The van der Waals surface area contributed by atoms with Crippen molar-refractivity contribution in [2.45, 2.75) is 0 Å². The molecule has 50 heavy (non-hydrogen) atoms. The van der Waals surface area contributed by atoms with Crippen LogP contribution in [0.5, 0.6) is 23.0 Å². The van der Waals surface area contributed by atoms with E-state index in [1.165, 1.54) is 0 Å². The zero-order valence-corrected chi connectivity index (χ0v) is 26.2. The first-order chi connectivity index (χ1) is 24.6. The number of esters is 2. The molecule has 4 aliphatic rings. The van der Waals surface area contributed by atoms with Crippen LogP contribution in [0.25, 0.3) is 11.5 Å². The Balaban J connectivity index is 1.06. The summed E-state index contributed by atoms with van der Waals surface area (Å²) in [6.07, 6.45) is 0. The van der Waals surface area contributed by atoms with E-state index >= 15 is 0 Å². The van der Waals surface area contributed by atoms with Crippen LogP contribution in [0.1, 0.15) is 11.1 Å². The van der Waals surface area contributed by atoms with E-state index in [4.69, 9.17) is 18.9 Å². The predicted molar refractivity (Wildman–Crippen MR) is 188 cm³/mol. The Bertz CT molecular complexity index is 2310. The summed E-state index contributed by atoms with van der Waals surface area (Å²) in [6, 6.07) is 46.5. The summed E-state index contributed by atoms with van der Waals surface area (Å²) < 4.78 is 24.3. The number of fused-ring (bicyclic) bond motifs is 5. The Hall–Kier alpha value is -7.06. The number of benzene rings is 6. The van der Waals surface area contributed by atoms with E-state index in [1.54, 1.807) is 12.1 Å². The molecule has 0 saturated carbocycles. The molecule has 0 bridgehead atoms. The number of carbonyl (C=O) groups is 2. The lowest BCUT2D eigenvalue weighted by Crippen LogP contribution is -2.16. The SMILES string of the molecule is O=C1OC(c2ccc3c(c2)Oc2ccccc2N3c2ccccc2)=C2C(=O)OC(c3ccc4c(c3)Oc3ccccc3N4c3ccccc3)=C12. The second-order valence-electron chi connectivity index (χ2n) is 12.0. The molecule has 10 rings (SSSR count). The molecule has 0 spiro atoms. The number of carbonyl (C=O) groups excluding carboxylic acids is 2. The highest BCUT2D eigenvalue weighted by molar-refractivity contribution is 6.24. The third kappa shape index (κ3) is 4.18. The smallest absolute Gasteiger partial charge is 0.348 e. The molecule has 0 atom stereocenters. The molecule has 6 aromatic rings. The van der Waals surface area contributed by atoms with Crippen molar-refractivity contribution in [2.24, 2.45) is 0 Å². The minimum absolute atomic E-state index is 0.0796. The van der Waals surface area contributed by atoms with E-state index in [1.807, 2.05) is 133 Å². The molecule has 0 aliphatic carbocycles. The van der Waals surface area contributed by atoms with Crippen LogP contribution in [0.3, 0.4) is 0 Å². The van der Waals surface area contributed by atoms with Crippen LogP contribution in [0.15, 0.2) is 157 Å². The van der Waals surface area contributed by atoms with Crippen molar-refractivity contribution in [2.75, 3.05) is 9.80 Å². The molecule has 0 aromatic heterocycles. The zero-order chi connectivity index (χ0) is 33.3. The van der Waals surface area contributed by atoms with Gasteiger partial charge in [-0.05, 0) is 84.9 Å². The van der Waals surface area contributed by atoms with Crippen molar-refractivity contribution >= 4 is 57.6 Å². The highest BCUT2D eigenvalue weighted by Crippen LogP contribution is 2.54. The lowest BCUT2D eigenvalue weighted by atomic mass is 10.0. The lowest BCUT2D eigenvalue weighted by Gasteiger charge is -2.33. The molecule has 0 radical (unpaired) electrons. The van der Waals surface area contributed by atoms with Gasteiger partial charge in [0.1, 0.15) is 11.1 Å². The fraction of sp³-hybridized carbons (Fsp3) is 0. The van der Waals surface area contributed by atoms with Crippen molar-refractivity contribution < 1.29 is 28.5 Å². The second kappa shape index (κ2) is 10.7. The first kappa shape index (κ1) is 28.0. The van der Waals surface area contributed by atoms with Crippen LogP contribution in [0.2, 0.25) is 0 Å². The van der Waals surface area contributed by atoms with Gasteiger partial charge in [-0.15, -0.1) is 0 Å². The van der Waals surface area contributed by atoms with Crippen LogP contribution in [0, 0.1) is 0 Å². The molecular formula is C42H24N2O6. The fourth-order valence-corrected chi connectivity index (χ4v) is 6.92. The maximum absolute atomic E-state index is 13.5. The fourth-order valence-electron chi connectivity index (χ4n) is 6.92. The molecule has 4 aliphatic heterocycles. The average Bonchev–Trinajstić information content (AvgIpc) is 3.70. The van der Waals surface area contributed by atoms with Crippen molar-refractivity contribution in [3.8, 4) is 23.0 Å². The molecule has 0 fully saturated rings. The number of ether oxygens (including phenoxy) is 4. The van der Waals surface area contributed by atoms with Gasteiger partial charge in [0.15, 0.2) is 34.5 Å². The highest BCUT2D eigenvalue weighted by Gasteiger charge is 2.46. The minimum Gasteiger partial charge on any atom is -0.453 e. The number of rotatable bonds is 4. The Morgan fingerprint density at radius 3 is 1.18 bits per heavy atom.